The molecule has 1 heterocycles. The zero-order chi connectivity index (χ0) is 8.43. The summed E-state index contributed by atoms with van der Waals surface area (Å²) in [5, 5.41) is 2.63. The number of carbonyl (C=O) groups excluding carboxylic acids is 1. The molecule has 1 aromatic heterocycles. The van der Waals surface area contributed by atoms with Gasteiger partial charge >= 0.3 is 0 Å². The monoisotopic (exact) mass is 170 g/mol. The maximum absolute atomic E-state index is 11.2. The highest BCUT2D eigenvalue weighted by molar-refractivity contribution is 7.09. The fourth-order valence-corrected chi connectivity index (χ4v) is 1.31. The Labute approximate surface area is 69.3 Å². The van der Waals surface area contributed by atoms with Gasteiger partial charge < -0.3 is 5.73 Å². The van der Waals surface area contributed by atoms with E-state index in [1.54, 1.807) is 12.3 Å². The molecular weight excluding hydrogens is 160 g/mol. The van der Waals surface area contributed by atoms with Crippen molar-refractivity contribution in [3.05, 3.63) is 16.1 Å². The highest BCUT2D eigenvalue weighted by atomic mass is 32.1. The second-order valence-corrected chi connectivity index (χ2v) is 3.47. The fraction of sp³-hybridized carbons (Fsp3) is 0.429. The van der Waals surface area contributed by atoms with Crippen LogP contribution in [0, 0.1) is 6.92 Å². The normalized spacial score (nSPS) is 13.0. The van der Waals surface area contributed by atoms with Gasteiger partial charge in [-0.05, 0) is 13.8 Å². The van der Waals surface area contributed by atoms with Gasteiger partial charge in [0, 0.05) is 5.38 Å². The summed E-state index contributed by atoms with van der Waals surface area (Å²) in [5.74, 6) is -0.0886. The average Bonchev–Trinajstić information content (AvgIpc) is 2.34. The molecule has 4 heteroatoms. The Balaban J connectivity index is 2.85. The summed E-state index contributed by atoms with van der Waals surface area (Å²) in [5.41, 5.74) is 5.88. The van der Waals surface area contributed by atoms with Gasteiger partial charge in [0.2, 0.25) is 0 Å². The van der Waals surface area contributed by atoms with Gasteiger partial charge in [-0.2, -0.15) is 0 Å². The van der Waals surface area contributed by atoms with Crippen molar-refractivity contribution < 1.29 is 4.79 Å². The molecule has 0 spiro atoms. The zero-order valence-corrected chi connectivity index (χ0v) is 7.31. The van der Waals surface area contributed by atoms with Crippen LogP contribution < -0.4 is 5.73 Å². The van der Waals surface area contributed by atoms with E-state index in [4.69, 9.17) is 5.73 Å². The summed E-state index contributed by atoms with van der Waals surface area (Å²) in [6.07, 6.45) is 0. The third-order valence-corrected chi connectivity index (χ3v) is 2.06. The lowest BCUT2D eigenvalue weighted by Gasteiger charge is -1.98. The predicted molar refractivity (Wildman–Crippen MR) is 44.8 cm³/mol. The number of nitrogens with zero attached hydrogens (tertiary/aromatic N) is 1. The van der Waals surface area contributed by atoms with E-state index >= 15 is 0 Å². The molecule has 0 amide bonds. The van der Waals surface area contributed by atoms with Gasteiger partial charge in [-0.1, -0.05) is 0 Å². The molecule has 0 saturated heterocycles. The second-order valence-electron chi connectivity index (χ2n) is 2.40. The van der Waals surface area contributed by atoms with Crippen molar-refractivity contribution in [2.24, 2.45) is 5.73 Å². The number of thiazole rings is 1. The van der Waals surface area contributed by atoms with E-state index in [2.05, 4.69) is 4.98 Å². The maximum atomic E-state index is 11.2. The summed E-state index contributed by atoms with van der Waals surface area (Å²) in [4.78, 5) is 15.2. The number of Topliss-reactive ketones (excluding diaryl/α,β-unsaturated/α-hetero) is 1. The number of aryl methyl sites for hydroxylation is 1. The standard InChI is InChI=1S/C7H10N2OS/c1-4(8)7(10)6-3-11-5(2)9-6/h3-4H,8H2,1-2H3. The van der Waals surface area contributed by atoms with Crippen LogP contribution in [-0.4, -0.2) is 16.8 Å². The van der Waals surface area contributed by atoms with Crippen LogP contribution in [0.15, 0.2) is 5.38 Å². The Kier molecular flexibility index (Phi) is 2.36. The Morgan fingerprint density at radius 2 is 2.45 bits per heavy atom. The predicted octanol–water partition coefficient (Wildman–Crippen LogP) is 0.981. The molecular formula is C7H10N2OS. The number of rotatable bonds is 2. The minimum atomic E-state index is -0.448. The van der Waals surface area contributed by atoms with Crippen molar-refractivity contribution in [1.29, 1.82) is 0 Å². The summed E-state index contributed by atoms with van der Waals surface area (Å²) < 4.78 is 0. The first-order valence-electron chi connectivity index (χ1n) is 3.33. The van der Waals surface area contributed by atoms with E-state index in [0.29, 0.717) is 5.69 Å². The van der Waals surface area contributed by atoms with Gasteiger partial charge in [-0.3, -0.25) is 4.79 Å². The van der Waals surface area contributed by atoms with Crippen LogP contribution in [0.5, 0.6) is 0 Å². The van der Waals surface area contributed by atoms with E-state index in [9.17, 15) is 4.79 Å². The lowest BCUT2D eigenvalue weighted by molar-refractivity contribution is 0.0963. The number of carbonyl (C=O) groups is 1. The first-order valence-corrected chi connectivity index (χ1v) is 4.21. The molecule has 60 valence electrons. The van der Waals surface area contributed by atoms with Gasteiger partial charge in [-0.15, -0.1) is 11.3 Å². The minimum Gasteiger partial charge on any atom is -0.321 e. The molecule has 0 saturated carbocycles. The van der Waals surface area contributed by atoms with Crippen LogP contribution in [0.3, 0.4) is 0 Å². The fourth-order valence-electron chi connectivity index (χ4n) is 0.710. The number of hydrogen-bond donors (Lipinski definition) is 1. The molecule has 1 unspecified atom stereocenters. The molecule has 2 N–H and O–H groups in total. The van der Waals surface area contributed by atoms with Crippen molar-refractivity contribution in [2.45, 2.75) is 19.9 Å². The maximum Gasteiger partial charge on any atom is 0.198 e. The first-order chi connectivity index (χ1) is 5.11. The molecule has 0 aliphatic carbocycles. The molecule has 0 aliphatic rings. The third kappa shape index (κ3) is 1.85. The van der Waals surface area contributed by atoms with Crippen LogP contribution in [-0.2, 0) is 0 Å². The molecule has 0 aliphatic heterocycles. The van der Waals surface area contributed by atoms with E-state index < -0.39 is 6.04 Å². The van der Waals surface area contributed by atoms with Crippen molar-refractivity contribution in [1.82, 2.24) is 4.98 Å². The van der Waals surface area contributed by atoms with Crippen LogP contribution >= 0.6 is 11.3 Å². The quantitative estimate of drug-likeness (QED) is 0.673. The lowest BCUT2D eigenvalue weighted by Crippen LogP contribution is -2.26. The van der Waals surface area contributed by atoms with Crippen molar-refractivity contribution in [2.75, 3.05) is 0 Å². The Bertz CT molecular complexity index is 267. The van der Waals surface area contributed by atoms with E-state index in [-0.39, 0.29) is 5.78 Å². The molecule has 0 aromatic carbocycles. The largest absolute Gasteiger partial charge is 0.321 e. The van der Waals surface area contributed by atoms with Gasteiger partial charge in [0.05, 0.1) is 11.0 Å². The van der Waals surface area contributed by atoms with Crippen LogP contribution in [0.1, 0.15) is 22.4 Å². The zero-order valence-electron chi connectivity index (χ0n) is 6.50. The summed E-state index contributed by atoms with van der Waals surface area (Å²) in [7, 11) is 0. The summed E-state index contributed by atoms with van der Waals surface area (Å²) >= 11 is 1.46. The number of ketones is 1. The first kappa shape index (κ1) is 8.36. The highest BCUT2D eigenvalue weighted by Crippen LogP contribution is 2.09. The van der Waals surface area contributed by atoms with Gasteiger partial charge in [0.1, 0.15) is 5.69 Å². The number of hydrogen-bond acceptors (Lipinski definition) is 4. The van der Waals surface area contributed by atoms with E-state index in [0.717, 1.165) is 5.01 Å². The Hall–Kier alpha value is -0.740. The number of nitrogens with two attached hydrogens (primary N) is 1. The highest BCUT2D eigenvalue weighted by Gasteiger charge is 2.12. The smallest absolute Gasteiger partial charge is 0.198 e. The van der Waals surface area contributed by atoms with Gasteiger partial charge in [0.25, 0.3) is 0 Å². The van der Waals surface area contributed by atoms with Gasteiger partial charge in [0.15, 0.2) is 5.78 Å². The van der Waals surface area contributed by atoms with Crippen LogP contribution in [0.2, 0.25) is 0 Å². The van der Waals surface area contributed by atoms with Crippen molar-refractivity contribution in [3.8, 4) is 0 Å². The molecule has 11 heavy (non-hydrogen) atoms. The summed E-state index contributed by atoms with van der Waals surface area (Å²) in [6.45, 7) is 3.53. The Morgan fingerprint density at radius 1 is 1.82 bits per heavy atom. The SMILES string of the molecule is Cc1nc(C(=O)C(C)N)cs1. The van der Waals surface area contributed by atoms with E-state index in [1.165, 1.54) is 11.3 Å². The average molecular weight is 170 g/mol. The summed E-state index contributed by atoms with van der Waals surface area (Å²) in [6, 6.07) is -0.448. The second kappa shape index (κ2) is 3.11. The van der Waals surface area contributed by atoms with Crippen LogP contribution in [0.4, 0.5) is 0 Å². The Morgan fingerprint density at radius 3 is 2.82 bits per heavy atom. The topological polar surface area (TPSA) is 56.0 Å². The lowest BCUT2D eigenvalue weighted by atomic mass is 10.2. The van der Waals surface area contributed by atoms with Crippen molar-refractivity contribution >= 4 is 17.1 Å². The molecule has 3 nitrogen and oxygen atoms in total. The molecule has 1 atom stereocenters. The van der Waals surface area contributed by atoms with Crippen LogP contribution in [0.25, 0.3) is 0 Å². The molecule has 1 aromatic rings. The van der Waals surface area contributed by atoms with Crippen molar-refractivity contribution in [3.63, 3.8) is 0 Å². The molecule has 0 fully saturated rings. The van der Waals surface area contributed by atoms with E-state index in [1.807, 2.05) is 6.92 Å². The minimum absolute atomic E-state index is 0.0886. The molecule has 0 bridgehead atoms. The van der Waals surface area contributed by atoms with Gasteiger partial charge in [-0.25, -0.2) is 4.98 Å². The molecule has 1 rings (SSSR count). The molecule has 0 radical (unpaired) electrons. The number of aromatic nitrogens is 1. The third-order valence-electron chi connectivity index (χ3n) is 1.29.